The average molecular weight is 322 g/mol. The van der Waals surface area contributed by atoms with Crippen LogP contribution in [-0.2, 0) is 10.8 Å². The number of hydrogen-bond donors (Lipinski definition) is 0. The first-order valence-electron chi connectivity index (χ1n) is 5.98. The molecule has 0 amide bonds. The quantitative estimate of drug-likeness (QED) is 0.350. The Bertz CT molecular complexity index is 550. The van der Waals surface area contributed by atoms with Gasteiger partial charge >= 0.3 is 0 Å². The third-order valence-corrected chi connectivity index (χ3v) is 5.14. The molecule has 0 aromatic carbocycles. The number of aromatic nitrogens is 1. The van der Waals surface area contributed by atoms with E-state index in [1.807, 2.05) is 0 Å². The number of rotatable bonds is 6. The van der Waals surface area contributed by atoms with Gasteiger partial charge in [-0.2, -0.15) is 8.78 Å². The van der Waals surface area contributed by atoms with E-state index in [-0.39, 0.29) is 18.2 Å². The lowest BCUT2D eigenvalue weighted by molar-refractivity contribution is -0.486. The third-order valence-electron chi connectivity index (χ3n) is 2.36. The van der Waals surface area contributed by atoms with Crippen molar-refractivity contribution < 1.29 is 17.7 Å². The summed E-state index contributed by atoms with van der Waals surface area (Å²) >= 11 is 1.16. The minimum absolute atomic E-state index is 0.0340. The Morgan fingerprint density at radius 2 is 2.20 bits per heavy atom. The maximum Gasteiger partial charge on any atom is 0.266 e. The van der Waals surface area contributed by atoms with Crippen LogP contribution in [0.25, 0.3) is 0 Å². The summed E-state index contributed by atoms with van der Waals surface area (Å²) in [4.78, 5) is 4.78. The second-order valence-electron chi connectivity index (χ2n) is 4.34. The molecular weight excluding hydrogens is 306 g/mol. The predicted octanol–water partition coefficient (Wildman–Crippen LogP) is 3.07. The summed E-state index contributed by atoms with van der Waals surface area (Å²) in [6.07, 6.45) is 0.417. The van der Waals surface area contributed by atoms with Gasteiger partial charge in [0.25, 0.3) is 6.08 Å². The van der Waals surface area contributed by atoms with Crippen LogP contribution in [0.2, 0.25) is 0 Å². The Balaban J connectivity index is 2.82. The molecule has 0 N–H and O–H groups in total. The molecule has 1 atom stereocenters. The summed E-state index contributed by atoms with van der Waals surface area (Å²) in [5.41, 5.74) is 0.618. The van der Waals surface area contributed by atoms with Crippen LogP contribution in [0.15, 0.2) is 16.5 Å². The summed E-state index contributed by atoms with van der Waals surface area (Å²) in [5.74, 6) is 0.0923. The normalized spacial score (nSPS) is 13.6. The largest absolute Gasteiger partial charge is 0.624 e. The first-order valence-corrected chi connectivity index (χ1v) is 8.12. The van der Waals surface area contributed by atoms with Crippen LogP contribution in [0.5, 0.6) is 0 Å². The molecule has 4 nitrogen and oxygen atoms in total. The molecule has 8 heteroatoms. The fourth-order valence-electron chi connectivity index (χ4n) is 1.23. The van der Waals surface area contributed by atoms with Gasteiger partial charge in [0.2, 0.25) is 0 Å². The summed E-state index contributed by atoms with van der Waals surface area (Å²) in [6, 6.07) is -0.192. The van der Waals surface area contributed by atoms with E-state index >= 15 is 0 Å². The molecule has 0 spiro atoms. The zero-order valence-corrected chi connectivity index (χ0v) is 13.1. The number of hydrogen-bond acceptors (Lipinski definition) is 4. The van der Waals surface area contributed by atoms with Gasteiger partial charge in [0.15, 0.2) is 16.6 Å². The Morgan fingerprint density at radius 1 is 1.55 bits per heavy atom. The van der Waals surface area contributed by atoms with E-state index in [4.69, 9.17) is 0 Å². The Morgan fingerprint density at radius 3 is 2.75 bits per heavy atom. The molecule has 0 fully saturated rings. The summed E-state index contributed by atoms with van der Waals surface area (Å²) in [6.45, 7) is 5.24. The second kappa shape index (κ2) is 7.58. The van der Waals surface area contributed by atoms with Crippen molar-refractivity contribution in [1.82, 2.24) is 4.98 Å². The number of thiazole rings is 1. The van der Waals surface area contributed by atoms with Crippen LogP contribution < -0.4 is 0 Å². The molecule has 0 radical (unpaired) electrons. The number of halogens is 2. The first-order chi connectivity index (χ1) is 9.31. The van der Waals surface area contributed by atoms with Crippen molar-refractivity contribution in [3.8, 4) is 0 Å². The third kappa shape index (κ3) is 5.09. The molecule has 20 heavy (non-hydrogen) atoms. The number of aryl methyl sites for hydroxylation is 1. The van der Waals surface area contributed by atoms with Gasteiger partial charge in [-0.15, -0.1) is 0 Å². The molecular formula is C12H16F2N2O2S2. The highest BCUT2D eigenvalue weighted by atomic mass is 32.2. The van der Waals surface area contributed by atoms with Gasteiger partial charge in [-0.05, 0) is 33.3 Å². The summed E-state index contributed by atoms with van der Waals surface area (Å²) in [5, 5.41) is 11.6. The van der Waals surface area contributed by atoms with Gasteiger partial charge in [-0.25, -0.2) is 9.72 Å². The molecule has 0 aliphatic rings. The summed E-state index contributed by atoms with van der Waals surface area (Å²) < 4.78 is 36.8. The second-order valence-corrected chi connectivity index (χ2v) is 7.12. The molecule has 0 aliphatic heterocycles. The molecule has 0 bridgehead atoms. The van der Waals surface area contributed by atoms with E-state index in [1.165, 1.54) is 6.21 Å². The van der Waals surface area contributed by atoms with Crippen molar-refractivity contribution in [2.75, 3.05) is 5.75 Å². The predicted molar refractivity (Wildman–Crippen MR) is 77.0 cm³/mol. The van der Waals surface area contributed by atoms with E-state index in [0.29, 0.717) is 14.9 Å². The fraction of sp³-hybridized carbons (Fsp3) is 0.500. The fourth-order valence-corrected chi connectivity index (χ4v) is 3.58. The number of allylic oxidation sites excluding steroid dienone is 1. The topological polar surface area (TPSA) is 56.0 Å². The van der Waals surface area contributed by atoms with E-state index in [9.17, 15) is 18.2 Å². The molecule has 1 aromatic rings. The van der Waals surface area contributed by atoms with Crippen molar-refractivity contribution in [1.29, 1.82) is 0 Å². The van der Waals surface area contributed by atoms with Crippen molar-refractivity contribution in [3.63, 3.8) is 0 Å². The lowest BCUT2D eigenvalue weighted by Gasteiger charge is -2.05. The van der Waals surface area contributed by atoms with Gasteiger partial charge in [0, 0.05) is 5.75 Å². The van der Waals surface area contributed by atoms with Crippen molar-refractivity contribution in [3.05, 3.63) is 27.9 Å². The van der Waals surface area contributed by atoms with Gasteiger partial charge < -0.3 is 5.21 Å². The maximum atomic E-state index is 11.9. The Labute approximate surface area is 122 Å². The molecule has 112 valence electrons. The molecule has 0 saturated carbocycles. The Hall–Kier alpha value is -1.15. The zero-order valence-electron chi connectivity index (χ0n) is 11.4. The molecule has 0 aliphatic carbocycles. The average Bonchev–Trinajstić information content (AvgIpc) is 2.70. The monoisotopic (exact) mass is 322 g/mol. The zero-order chi connectivity index (χ0) is 15.3. The highest BCUT2D eigenvalue weighted by Crippen LogP contribution is 2.20. The highest BCUT2D eigenvalue weighted by molar-refractivity contribution is 7.87. The summed E-state index contributed by atoms with van der Waals surface area (Å²) in [7, 11) is -1.43. The minimum Gasteiger partial charge on any atom is -0.624 e. The molecule has 1 heterocycles. The van der Waals surface area contributed by atoms with Crippen LogP contribution in [0.1, 0.15) is 30.8 Å². The molecule has 1 aromatic heterocycles. The van der Waals surface area contributed by atoms with E-state index < -0.39 is 16.9 Å². The van der Waals surface area contributed by atoms with Crippen molar-refractivity contribution >= 4 is 28.4 Å². The Kier molecular flexibility index (Phi) is 6.41. The van der Waals surface area contributed by atoms with Gasteiger partial charge in [-0.1, -0.05) is 11.3 Å². The molecule has 1 unspecified atom stereocenters. The van der Waals surface area contributed by atoms with Crippen molar-refractivity contribution in [2.45, 2.75) is 37.6 Å². The molecule has 1 rings (SSSR count). The van der Waals surface area contributed by atoms with Crippen LogP contribution in [0.4, 0.5) is 8.78 Å². The maximum absolute atomic E-state index is 11.9. The lowest BCUT2D eigenvalue weighted by Crippen LogP contribution is -2.14. The van der Waals surface area contributed by atoms with E-state index in [1.54, 1.807) is 20.8 Å². The minimum atomic E-state index is -1.77. The van der Waals surface area contributed by atoms with E-state index in [2.05, 4.69) is 4.98 Å². The standard InChI is InChI=1S/C12H16F2N2O2S2/c1-8(2)16(17)7-10-9(3)15-12(19-10)20(18)6-4-5-11(13)14/h5,7-8H,4,6H2,1-3H3/b16-7-. The smallest absolute Gasteiger partial charge is 0.266 e. The van der Waals surface area contributed by atoms with Gasteiger partial charge in [0.05, 0.1) is 16.5 Å². The van der Waals surface area contributed by atoms with Gasteiger partial charge in [0.1, 0.15) is 4.88 Å². The number of hydroxylamine groups is 1. The lowest BCUT2D eigenvalue weighted by atomic mass is 10.4. The highest BCUT2D eigenvalue weighted by Gasteiger charge is 2.14. The number of nitrogens with zero attached hydrogens (tertiary/aromatic N) is 2. The van der Waals surface area contributed by atoms with Crippen LogP contribution in [-0.4, -0.2) is 31.9 Å². The van der Waals surface area contributed by atoms with Crippen LogP contribution in [0.3, 0.4) is 0 Å². The first kappa shape index (κ1) is 16.9. The van der Waals surface area contributed by atoms with Gasteiger partial charge in [-0.3, -0.25) is 4.21 Å². The van der Waals surface area contributed by atoms with Crippen LogP contribution in [0, 0.1) is 12.1 Å². The van der Waals surface area contributed by atoms with Crippen LogP contribution >= 0.6 is 11.3 Å². The van der Waals surface area contributed by atoms with Crippen molar-refractivity contribution in [2.24, 2.45) is 0 Å². The SMILES string of the molecule is Cc1nc(S(=O)CCC=C(F)F)sc1/C=[N+](\[O-])C(C)C. The van der Waals surface area contributed by atoms with E-state index in [0.717, 1.165) is 22.2 Å². The molecule has 0 saturated heterocycles.